The van der Waals surface area contributed by atoms with Crippen LogP contribution in [-0.4, -0.2) is 29.1 Å². The summed E-state index contributed by atoms with van der Waals surface area (Å²) in [5.74, 6) is -3.29. The maximum absolute atomic E-state index is 13.2. The molecule has 144 valence electrons. The van der Waals surface area contributed by atoms with Crippen molar-refractivity contribution in [2.75, 3.05) is 0 Å². The van der Waals surface area contributed by atoms with Gasteiger partial charge in [0.1, 0.15) is 5.92 Å². The first-order valence-corrected chi connectivity index (χ1v) is 8.60. The molecule has 0 spiro atoms. The number of halogens is 6. The molecule has 2 rings (SSSR count). The van der Waals surface area contributed by atoms with Crippen molar-refractivity contribution in [1.29, 1.82) is 0 Å². The van der Waals surface area contributed by atoms with Crippen LogP contribution in [0.15, 0.2) is 0 Å². The van der Waals surface area contributed by atoms with Crippen molar-refractivity contribution in [3.8, 4) is 0 Å². The van der Waals surface area contributed by atoms with E-state index >= 15 is 0 Å². The number of hydrogen-bond acceptors (Lipinski definition) is 1. The second-order valence-electron chi connectivity index (χ2n) is 7.69. The highest BCUT2D eigenvalue weighted by Crippen LogP contribution is 2.50. The van der Waals surface area contributed by atoms with Gasteiger partial charge in [-0.25, -0.2) is 6.57 Å². The predicted molar refractivity (Wildman–Crippen MR) is 79.4 cm³/mol. The molecule has 2 fully saturated rings. The fourth-order valence-electron chi connectivity index (χ4n) is 4.52. The van der Waals surface area contributed by atoms with Crippen molar-refractivity contribution in [1.82, 2.24) is 0 Å². The Labute approximate surface area is 143 Å². The molecule has 0 bridgehead atoms. The molecule has 6 atom stereocenters. The van der Waals surface area contributed by atoms with E-state index in [1.807, 2.05) is 0 Å². The van der Waals surface area contributed by atoms with E-state index in [1.54, 1.807) is 0 Å². The fourth-order valence-corrected chi connectivity index (χ4v) is 4.52. The smallest absolute Gasteiger partial charge is 0.380 e. The van der Waals surface area contributed by atoms with Crippen LogP contribution in [-0.2, 0) is 0 Å². The molecule has 0 aromatic carbocycles. The minimum atomic E-state index is -4.75. The molecule has 0 aliphatic heterocycles. The van der Waals surface area contributed by atoms with E-state index in [0.717, 1.165) is 6.92 Å². The Balaban J connectivity index is 2.10. The van der Waals surface area contributed by atoms with Crippen LogP contribution in [0, 0.1) is 30.2 Å². The van der Waals surface area contributed by atoms with Gasteiger partial charge in [-0.3, -0.25) is 0 Å². The maximum atomic E-state index is 13.2. The van der Waals surface area contributed by atoms with Crippen LogP contribution in [0.4, 0.5) is 26.3 Å². The molecule has 0 aromatic rings. The summed E-state index contributed by atoms with van der Waals surface area (Å²) >= 11 is 0. The summed E-state index contributed by atoms with van der Waals surface area (Å²) in [5.41, 5.74) is -2.82. The van der Waals surface area contributed by atoms with Gasteiger partial charge in [-0.05, 0) is 50.4 Å². The van der Waals surface area contributed by atoms with Crippen molar-refractivity contribution in [3.05, 3.63) is 11.4 Å². The van der Waals surface area contributed by atoms with Gasteiger partial charge in [0.2, 0.25) is 6.04 Å². The zero-order valence-corrected chi connectivity index (χ0v) is 14.0. The lowest BCUT2D eigenvalue weighted by atomic mass is 9.64. The highest BCUT2D eigenvalue weighted by Gasteiger charge is 2.57. The molecule has 0 radical (unpaired) electrons. The molecular formula is C17H23F6NO. The highest BCUT2D eigenvalue weighted by atomic mass is 19.4. The third-order valence-corrected chi connectivity index (χ3v) is 6.19. The minimum Gasteiger partial charge on any atom is -0.380 e. The second kappa shape index (κ2) is 6.98. The largest absolute Gasteiger partial charge is 0.417 e. The van der Waals surface area contributed by atoms with Crippen LogP contribution >= 0.6 is 0 Å². The molecule has 25 heavy (non-hydrogen) atoms. The first-order valence-electron chi connectivity index (χ1n) is 8.60. The van der Waals surface area contributed by atoms with Gasteiger partial charge in [0.15, 0.2) is 5.60 Å². The van der Waals surface area contributed by atoms with E-state index in [9.17, 15) is 31.4 Å². The Morgan fingerprint density at radius 1 is 0.920 bits per heavy atom. The highest BCUT2D eigenvalue weighted by molar-refractivity contribution is 4.98. The molecule has 2 saturated carbocycles. The second-order valence-corrected chi connectivity index (χ2v) is 7.69. The van der Waals surface area contributed by atoms with Gasteiger partial charge in [-0.15, -0.1) is 0 Å². The van der Waals surface area contributed by atoms with Crippen LogP contribution in [0.1, 0.15) is 51.9 Å². The van der Waals surface area contributed by atoms with Gasteiger partial charge < -0.3 is 9.95 Å². The van der Waals surface area contributed by atoms with E-state index in [-0.39, 0.29) is 37.5 Å². The van der Waals surface area contributed by atoms with Crippen LogP contribution in [0.5, 0.6) is 0 Å². The maximum Gasteiger partial charge on any atom is 0.417 e. The normalized spacial score (nSPS) is 37.2. The number of alkyl halides is 6. The molecule has 5 unspecified atom stereocenters. The van der Waals surface area contributed by atoms with Gasteiger partial charge >= 0.3 is 12.4 Å². The van der Waals surface area contributed by atoms with E-state index in [0.29, 0.717) is 19.3 Å². The molecule has 2 aliphatic rings. The van der Waals surface area contributed by atoms with Crippen molar-refractivity contribution in [2.24, 2.45) is 23.7 Å². The molecule has 2 aliphatic carbocycles. The monoisotopic (exact) mass is 371 g/mol. The van der Waals surface area contributed by atoms with E-state index in [4.69, 9.17) is 6.57 Å². The molecule has 1 N–H and O–H groups in total. The van der Waals surface area contributed by atoms with Gasteiger partial charge in [0.25, 0.3) is 0 Å². The summed E-state index contributed by atoms with van der Waals surface area (Å²) in [7, 11) is 0. The first-order chi connectivity index (χ1) is 11.4. The zero-order valence-electron chi connectivity index (χ0n) is 14.0. The molecule has 8 heteroatoms. The van der Waals surface area contributed by atoms with Gasteiger partial charge in [0.05, 0.1) is 0 Å². The fraction of sp³-hybridized carbons (Fsp3) is 0.941. The number of aliphatic hydroxyl groups is 1. The minimum absolute atomic E-state index is 0.0877. The van der Waals surface area contributed by atoms with E-state index < -0.39 is 35.8 Å². The predicted octanol–water partition coefficient (Wildman–Crippen LogP) is 5.37. The molecular weight excluding hydrogens is 348 g/mol. The lowest BCUT2D eigenvalue weighted by Crippen LogP contribution is -2.50. The molecule has 0 saturated heterocycles. The summed E-state index contributed by atoms with van der Waals surface area (Å²) < 4.78 is 78.8. The van der Waals surface area contributed by atoms with Crippen LogP contribution in [0.2, 0.25) is 0 Å². The van der Waals surface area contributed by atoms with Crippen molar-refractivity contribution >= 4 is 0 Å². The Kier molecular flexibility index (Phi) is 5.68. The van der Waals surface area contributed by atoms with Gasteiger partial charge in [0, 0.05) is 6.42 Å². The third-order valence-electron chi connectivity index (χ3n) is 6.19. The number of nitrogens with zero attached hydrogens (tertiary/aromatic N) is 1. The summed E-state index contributed by atoms with van der Waals surface area (Å²) in [6.07, 6.45) is -7.46. The van der Waals surface area contributed by atoms with E-state index in [1.165, 1.54) is 0 Å². The average molecular weight is 371 g/mol. The Bertz CT molecular complexity index is 507. The summed E-state index contributed by atoms with van der Waals surface area (Å²) in [5, 5.41) is 9.91. The Morgan fingerprint density at radius 3 is 2.04 bits per heavy atom. The molecule has 0 aromatic heterocycles. The van der Waals surface area contributed by atoms with Crippen LogP contribution in [0.25, 0.3) is 4.85 Å². The SMILES string of the molecule is [C-]#[N+]C1CCC(C2CCCC([C@@](C)(O)C(F)(F)F)C2)CC1C(F)(F)F. The number of rotatable bonds is 2. The molecule has 0 heterocycles. The third kappa shape index (κ3) is 4.24. The Morgan fingerprint density at radius 2 is 1.52 bits per heavy atom. The van der Waals surface area contributed by atoms with Crippen molar-refractivity contribution < 1.29 is 31.4 Å². The summed E-state index contributed by atoms with van der Waals surface area (Å²) in [6.45, 7) is 7.73. The first kappa shape index (κ1) is 20.3. The topological polar surface area (TPSA) is 24.6 Å². The summed E-state index contributed by atoms with van der Waals surface area (Å²) in [4.78, 5) is 3.10. The van der Waals surface area contributed by atoms with E-state index in [2.05, 4.69) is 4.85 Å². The summed E-state index contributed by atoms with van der Waals surface area (Å²) in [6, 6.07) is -1.09. The average Bonchev–Trinajstić information content (AvgIpc) is 2.52. The van der Waals surface area contributed by atoms with Gasteiger partial charge in [-0.2, -0.15) is 26.3 Å². The molecule has 2 nitrogen and oxygen atoms in total. The Hall–Kier alpha value is -0.970. The number of hydrogen-bond donors (Lipinski definition) is 1. The molecule has 0 amide bonds. The van der Waals surface area contributed by atoms with Crippen LogP contribution < -0.4 is 0 Å². The van der Waals surface area contributed by atoms with Crippen LogP contribution in [0.3, 0.4) is 0 Å². The standard InChI is InChI=1S/C17H23F6NO/c1-15(25,17(21,22)23)12-5-3-4-10(8-12)11-6-7-14(24-2)13(9-11)16(18,19)20/h10-14,25H,3-9H2,1H3/t10?,11?,12?,13?,14?,15-/m1/s1. The van der Waals surface area contributed by atoms with Gasteiger partial charge in [-0.1, -0.05) is 12.8 Å². The quantitative estimate of drug-likeness (QED) is 0.512. The zero-order chi connectivity index (χ0) is 19.0. The lowest BCUT2D eigenvalue weighted by Gasteiger charge is -2.43. The lowest BCUT2D eigenvalue weighted by molar-refractivity contribution is -0.277. The van der Waals surface area contributed by atoms with Crippen molar-refractivity contribution in [2.45, 2.75) is 75.9 Å². The van der Waals surface area contributed by atoms with Crippen molar-refractivity contribution in [3.63, 3.8) is 0 Å².